The van der Waals surface area contributed by atoms with Gasteiger partial charge in [0.25, 0.3) is 0 Å². The first-order chi connectivity index (χ1) is 9.46. The van der Waals surface area contributed by atoms with Gasteiger partial charge >= 0.3 is 0 Å². The fourth-order valence-electron chi connectivity index (χ4n) is 1.81. The third-order valence-corrected chi connectivity index (χ3v) is 3.27. The van der Waals surface area contributed by atoms with Crippen LogP contribution in [-0.2, 0) is 11.2 Å². The molecule has 0 spiro atoms. The SMILES string of the molecule is CCc1cccc(NC(N)=NCC(C)(C)CCOC)c1.I. The minimum absolute atomic E-state index is 0. The van der Waals surface area contributed by atoms with E-state index in [4.69, 9.17) is 10.5 Å². The number of nitrogens with two attached hydrogens (primary N) is 1. The third-order valence-electron chi connectivity index (χ3n) is 3.27. The van der Waals surface area contributed by atoms with Gasteiger partial charge in [-0.05, 0) is 36.0 Å². The summed E-state index contributed by atoms with van der Waals surface area (Å²) in [4.78, 5) is 4.43. The lowest BCUT2D eigenvalue weighted by Crippen LogP contribution is -2.26. The second kappa shape index (κ2) is 10.00. The number of guanidine groups is 1. The molecule has 0 amide bonds. The van der Waals surface area contributed by atoms with E-state index in [2.05, 4.69) is 43.2 Å². The van der Waals surface area contributed by atoms with Crippen LogP contribution in [0.2, 0.25) is 0 Å². The van der Waals surface area contributed by atoms with E-state index < -0.39 is 0 Å². The lowest BCUT2D eigenvalue weighted by molar-refractivity contribution is 0.155. The van der Waals surface area contributed by atoms with Gasteiger partial charge in [-0.3, -0.25) is 4.99 Å². The Labute approximate surface area is 145 Å². The van der Waals surface area contributed by atoms with Crippen molar-refractivity contribution in [1.29, 1.82) is 0 Å². The second-order valence-corrected chi connectivity index (χ2v) is 5.79. The fourth-order valence-corrected chi connectivity index (χ4v) is 1.81. The van der Waals surface area contributed by atoms with Gasteiger partial charge < -0.3 is 15.8 Å². The number of benzene rings is 1. The molecule has 0 atom stereocenters. The van der Waals surface area contributed by atoms with Crippen molar-refractivity contribution >= 4 is 35.6 Å². The Morgan fingerprint density at radius 2 is 2.10 bits per heavy atom. The number of nitrogens with one attached hydrogen (secondary N) is 1. The number of nitrogens with zero attached hydrogens (tertiary/aromatic N) is 1. The first-order valence-electron chi connectivity index (χ1n) is 7.11. The molecule has 0 saturated heterocycles. The minimum atomic E-state index is 0. The van der Waals surface area contributed by atoms with Crippen molar-refractivity contribution in [2.45, 2.75) is 33.6 Å². The summed E-state index contributed by atoms with van der Waals surface area (Å²) in [5.74, 6) is 0.462. The predicted octanol–water partition coefficient (Wildman–Crippen LogP) is 3.66. The van der Waals surface area contributed by atoms with E-state index in [0.29, 0.717) is 12.5 Å². The summed E-state index contributed by atoms with van der Waals surface area (Å²) < 4.78 is 5.11. The molecule has 1 aromatic carbocycles. The monoisotopic (exact) mass is 405 g/mol. The molecule has 5 heteroatoms. The van der Waals surface area contributed by atoms with Crippen LogP contribution in [0.1, 0.15) is 32.8 Å². The van der Waals surface area contributed by atoms with Gasteiger partial charge in [0, 0.05) is 25.9 Å². The van der Waals surface area contributed by atoms with Gasteiger partial charge in [0.2, 0.25) is 0 Å². The topological polar surface area (TPSA) is 59.6 Å². The normalized spacial score (nSPS) is 11.9. The standard InChI is InChI=1S/C16H27N3O.HI/c1-5-13-7-6-8-14(11-13)19-15(17)18-12-16(2,3)9-10-20-4;/h6-8,11H,5,9-10,12H2,1-4H3,(H3,17,18,19);1H. The van der Waals surface area contributed by atoms with Gasteiger partial charge in [-0.15, -0.1) is 24.0 Å². The Kier molecular flexibility index (Phi) is 9.61. The molecule has 3 N–H and O–H groups in total. The summed E-state index contributed by atoms with van der Waals surface area (Å²) in [5, 5.41) is 3.14. The molecule has 1 aromatic rings. The average molecular weight is 405 g/mol. The molecule has 0 heterocycles. The van der Waals surface area contributed by atoms with Crippen molar-refractivity contribution in [3.8, 4) is 0 Å². The zero-order chi connectivity index (χ0) is 15.0. The number of anilines is 1. The molecular formula is C16H28IN3O. The number of aryl methyl sites for hydroxylation is 1. The van der Waals surface area contributed by atoms with Crippen LogP contribution in [0.25, 0.3) is 0 Å². The van der Waals surface area contributed by atoms with Crippen LogP contribution >= 0.6 is 24.0 Å². The highest BCUT2D eigenvalue weighted by Crippen LogP contribution is 2.20. The van der Waals surface area contributed by atoms with Crippen LogP contribution in [0.4, 0.5) is 5.69 Å². The Morgan fingerprint density at radius 3 is 2.71 bits per heavy atom. The number of rotatable bonds is 7. The van der Waals surface area contributed by atoms with Crippen LogP contribution in [0.15, 0.2) is 29.3 Å². The molecule has 0 fully saturated rings. The van der Waals surface area contributed by atoms with Gasteiger partial charge in [0.05, 0.1) is 0 Å². The molecule has 0 aliphatic carbocycles. The van der Waals surface area contributed by atoms with E-state index in [1.165, 1.54) is 5.56 Å². The van der Waals surface area contributed by atoms with Crippen LogP contribution < -0.4 is 11.1 Å². The first kappa shape index (κ1) is 20.2. The smallest absolute Gasteiger partial charge is 0.193 e. The van der Waals surface area contributed by atoms with Gasteiger partial charge in [0.1, 0.15) is 0 Å². The summed E-state index contributed by atoms with van der Waals surface area (Å²) in [6, 6.07) is 8.22. The molecule has 0 aliphatic heterocycles. The molecule has 0 aliphatic rings. The van der Waals surface area contributed by atoms with Crippen LogP contribution in [0.5, 0.6) is 0 Å². The van der Waals surface area contributed by atoms with Gasteiger partial charge in [-0.2, -0.15) is 0 Å². The van der Waals surface area contributed by atoms with Crippen molar-refractivity contribution in [3.05, 3.63) is 29.8 Å². The van der Waals surface area contributed by atoms with Crippen molar-refractivity contribution < 1.29 is 4.74 Å². The maximum Gasteiger partial charge on any atom is 0.193 e. The second-order valence-electron chi connectivity index (χ2n) is 5.79. The van der Waals surface area contributed by atoms with Crippen LogP contribution in [0, 0.1) is 5.41 Å². The lowest BCUT2D eigenvalue weighted by Gasteiger charge is -2.22. The molecule has 21 heavy (non-hydrogen) atoms. The van der Waals surface area contributed by atoms with E-state index in [1.807, 2.05) is 12.1 Å². The summed E-state index contributed by atoms with van der Waals surface area (Å²) >= 11 is 0. The number of methoxy groups -OCH3 is 1. The third kappa shape index (κ3) is 8.26. The van der Waals surface area contributed by atoms with Crippen molar-refractivity contribution in [2.24, 2.45) is 16.1 Å². The summed E-state index contributed by atoms with van der Waals surface area (Å²) in [6.45, 7) is 7.90. The molecular weight excluding hydrogens is 377 g/mol. The van der Waals surface area contributed by atoms with Crippen molar-refractivity contribution in [1.82, 2.24) is 0 Å². The van der Waals surface area contributed by atoms with E-state index >= 15 is 0 Å². The lowest BCUT2D eigenvalue weighted by atomic mass is 9.90. The highest BCUT2D eigenvalue weighted by molar-refractivity contribution is 14.0. The predicted molar refractivity (Wildman–Crippen MR) is 102 cm³/mol. The minimum Gasteiger partial charge on any atom is -0.385 e. The number of halogens is 1. The highest BCUT2D eigenvalue weighted by atomic mass is 127. The Bertz CT molecular complexity index is 447. The molecule has 1 rings (SSSR count). The summed E-state index contributed by atoms with van der Waals surface area (Å²) in [5.41, 5.74) is 8.30. The largest absolute Gasteiger partial charge is 0.385 e. The number of ether oxygens (including phenoxy) is 1. The molecule has 0 unspecified atom stereocenters. The molecule has 0 aromatic heterocycles. The first-order valence-corrected chi connectivity index (χ1v) is 7.11. The fraction of sp³-hybridized carbons (Fsp3) is 0.562. The zero-order valence-electron chi connectivity index (χ0n) is 13.5. The Hall–Kier alpha value is -0.820. The molecule has 0 saturated carbocycles. The zero-order valence-corrected chi connectivity index (χ0v) is 15.8. The van der Waals surface area contributed by atoms with Crippen molar-refractivity contribution in [3.63, 3.8) is 0 Å². The summed E-state index contributed by atoms with van der Waals surface area (Å²) in [7, 11) is 1.72. The van der Waals surface area contributed by atoms with Gasteiger partial charge in [0.15, 0.2) is 5.96 Å². The van der Waals surface area contributed by atoms with E-state index in [9.17, 15) is 0 Å². The quantitative estimate of drug-likeness (QED) is 0.414. The Morgan fingerprint density at radius 1 is 1.38 bits per heavy atom. The highest BCUT2D eigenvalue weighted by Gasteiger charge is 2.16. The summed E-state index contributed by atoms with van der Waals surface area (Å²) in [6.07, 6.45) is 1.97. The Balaban J connectivity index is 0.00000400. The maximum atomic E-state index is 5.94. The van der Waals surface area contributed by atoms with E-state index in [0.717, 1.165) is 25.1 Å². The van der Waals surface area contributed by atoms with Gasteiger partial charge in [-0.25, -0.2) is 0 Å². The van der Waals surface area contributed by atoms with Crippen LogP contribution in [-0.4, -0.2) is 26.2 Å². The average Bonchev–Trinajstić information content (AvgIpc) is 2.43. The molecule has 0 bridgehead atoms. The van der Waals surface area contributed by atoms with E-state index in [1.54, 1.807) is 7.11 Å². The van der Waals surface area contributed by atoms with Crippen molar-refractivity contribution in [2.75, 3.05) is 25.6 Å². The number of hydrogen-bond acceptors (Lipinski definition) is 2. The number of aliphatic imine (C=N–C) groups is 1. The molecule has 0 radical (unpaired) electrons. The number of hydrogen-bond donors (Lipinski definition) is 2. The molecule has 4 nitrogen and oxygen atoms in total. The van der Waals surface area contributed by atoms with Crippen LogP contribution in [0.3, 0.4) is 0 Å². The van der Waals surface area contributed by atoms with E-state index in [-0.39, 0.29) is 29.4 Å². The molecule has 120 valence electrons. The maximum absolute atomic E-state index is 5.94. The van der Waals surface area contributed by atoms with Gasteiger partial charge in [-0.1, -0.05) is 32.9 Å².